The second-order valence-corrected chi connectivity index (χ2v) is 5.08. The van der Waals surface area contributed by atoms with Gasteiger partial charge >= 0.3 is 0 Å². The Kier molecular flexibility index (Phi) is 4.68. The van der Waals surface area contributed by atoms with Gasteiger partial charge in [0.25, 0.3) is 0 Å². The van der Waals surface area contributed by atoms with E-state index in [9.17, 15) is 0 Å². The van der Waals surface area contributed by atoms with Crippen LogP contribution >= 0.6 is 11.6 Å². The molecule has 0 radical (unpaired) electrons. The maximum atomic E-state index is 6.05. The number of halogens is 1. The summed E-state index contributed by atoms with van der Waals surface area (Å²) in [4.78, 5) is 4.52. The summed E-state index contributed by atoms with van der Waals surface area (Å²) in [6, 6.07) is 1.93. The molecule has 2 aromatic rings. The minimum atomic E-state index is 0.0554. The van der Waals surface area contributed by atoms with Gasteiger partial charge in [0, 0.05) is 41.0 Å². The Balaban J connectivity index is 2.31. The molecule has 1 atom stereocenters. The summed E-state index contributed by atoms with van der Waals surface area (Å²) in [5.74, 6) is 0.892. The minimum absolute atomic E-state index is 0.0554. The van der Waals surface area contributed by atoms with Crippen LogP contribution in [0.15, 0.2) is 22.9 Å². The van der Waals surface area contributed by atoms with E-state index in [1.54, 1.807) is 13.4 Å². The van der Waals surface area contributed by atoms with Crippen LogP contribution in [0.2, 0.25) is 5.22 Å². The Labute approximate surface area is 124 Å². The van der Waals surface area contributed by atoms with E-state index in [1.165, 1.54) is 0 Å². The third-order valence-corrected chi connectivity index (χ3v) is 3.82. The van der Waals surface area contributed by atoms with Crippen molar-refractivity contribution in [3.05, 3.63) is 46.1 Å². The SMILES string of the molecule is CNC(Cc1ncc(C)c(OC)c1C)c1ccoc1Cl. The van der Waals surface area contributed by atoms with Crippen molar-refractivity contribution in [3.63, 3.8) is 0 Å². The predicted octanol–water partition coefficient (Wildman–Crippen LogP) is 3.46. The van der Waals surface area contributed by atoms with E-state index in [0.29, 0.717) is 5.22 Å². The van der Waals surface area contributed by atoms with Crippen LogP contribution in [0, 0.1) is 13.8 Å². The normalized spacial score (nSPS) is 12.4. The standard InChI is InChI=1S/C15H19ClN2O2/c1-9-8-18-12(10(2)14(9)19-4)7-13(17-3)11-5-6-20-15(11)16/h5-6,8,13,17H,7H2,1-4H3. The number of pyridine rings is 1. The van der Waals surface area contributed by atoms with Gasteiger partial charge in [0.1, 0.15) is 5.75 Å². The number of furan rings is 1. The van der Waals surface area contributed by atoms with Gasteiger partial charge in [-0.15, -0.1) is 0 Å². The number of aryl methyl sites for hydroxylation is 1. The summed E-state index contributed by atoms with van der Waals surface area (Å²) in [5.41, 5.74) is 4.03. The van der Waals surface area contributed by atoms with E-state index >= 15 is 0 Å². The van der Waals surface area contributed by atoms with Gasteiger partial charge in [-0.25, -0.2) is 0 Å². The van der Waals surface area contributed by atoms with Gasteiger partial charge in [-0.2, -0.15) is 0 Å². The summed E-state index contributed by atoms with van der Waals surface area (Å²) >= 11 is 6.05. The van der Waals surface area contributed by atoms with Gasteiger partial charge in [0.15, 0.2) is 5.22 Å². The van der Waals surface area contributed by atoms with E-state index in [4.69, 9.17) is 20.8 Å². The van der Waals surface area contributed by atoms with Gasteiger partial charge in [-0.3, -0.25) is 4.98 Å². The quantitative estimate of drug-likeness (QED) is 0.917. The molecule has 2 aromatic heterocycles. The van der Waals surface area contributed by atoms with Crippen LogP contribution in [0.4, 0.5) is 0 Å². The van der Waals surface area contributed by atoms with Gasteiger partial charge in [-0.1, -0.05) is 0 Å². The van der Waals surface area contributed by atoms with Crippen molar-refractivity contribution in [2.75, 3.05) is 14.2 Å². The number of nitrogens with one attached hydrogen (secondary N) is 1. The number of nitrogens with zero attached hydrogens (tertiary/aromatic N) is 1. The molecule has 0 bridgehead atoms. The van der Waals surface area contributed by atoms with Crippen LogP contribution in [0.25, 0.3) is 0 Å². The van der Waals surface area contributed by atoms with Gasteiger partial charge in [-0.05, 0) is 38.6 Å². The molecular weight excluding hydrogens is 276 g/mol. The molecule has 0 spiro atoms. The highest BCUT2D eigenvalue weighted by Gasteiger charge is 2.19. The molecule has 0 aliphatic carbocycles. The van der Waals surface area contributed by atoms with Gasteiger partial charge in [0.2, 0.25) is 0 Å². The average molecular weight is 295 g/mol. The summed E-state index contributed by atoms with van der Waals surface area (Å²) in [6.45, 7) is 4.02. The molecule has 1 N–H and O–H groups in total. The minimum Gasteiger partial charge on any atom is -0.496 e. The van der Waals surface area contributed by atoms with Crippen LogP contribution in [0.1, 0.15) is 28.4 Å². The first kappa shape index (κ1) is 14.9. The molecule has 4 nitrogen and oxygen atoms in total. The van der Waals surface area contributed by atoms with Gasteiger partial charge in [0.05, 0.1) is 13.4 Å². The first-order valence-corrected chi connectivity index (χ1v) is 6.85. The highest BCUT2D eigenvalue weighted by atomic mass is 35.5. The zero-order valence-electron chi connectivity index (χ0n) is 12.2. The van der Waals surface area contributed by atoms with E-state index in [0.717, 1.165) is 34.6 Å². The molecule has 1 unspecified atom stereocenters. The van der Waals surface area contributed by atoms with Gasteiger partial charge < -0.3 is 14.5 Å². The summed E-state index contributed by atoms with van der Waals surface area (Å²) in [6.07, 6.45) is 4.15. The fraction of sp³-hybridized carbons (Fsp3) is 0.400. The van der Waals surface area contributed by atoms with Crippen molar-refractivity contribution < 1.29 is 9.15 Å². The number of hydrogen-bond donors (Lipinski definition) is 1. The van der Waals surface area contributed by atoms with Crippen molar-refractivity contribution in [2.24, 2.45) is 0 Å². The third kappa shape index (κ3) is 2.81. The average Bonchev–Trinajstić information content (AvgIpc) is 2.85. The molecule has 0 aromatic carbocycles. The van der Waals surface area contributed by atoms with E-state index in [1.807, 2.05) is 33.2 Å². The molecule has 0 aliphatic rings. The second kappa shape index (κ2) is 6.29. The molecule has 0 saturated heterocycles. The Hall–Kier alpha value is -1.52. The fourth-order valence-electron chi connectivity index (χ4n) is 2.39. The lowest BCUT2D eigenvalue weighted by atomic mass is 10.0. The van der Waals surface area contributed by atoms with E-state index in [2.05, 4.69) is 10.3 Å². The van der Waals surface area contributed by atoms with E-state index < -0.39 is 0 Å². The zero-order chi connectivity index (χ0) is 14.7. The smallest absolute Gasteiger partial charge is 0.197 e. The zero-order valence-corrected chi connectivity index (χ0v) is 12.9. The number of hydrogen-bond acceptors (Lipinski definition) is 4. The molecule has 0 fully saturated rings. The molecule has 20 heavy (non-hydrogen) atoms. The van der Waals surface area contributed by atoms with Crippen LogP contribution < -0.4 is 10.1 Å². The lowest BCUT2D eigenvalue weighted by Crippen LogP contribution is -2.20. The third-order valence-electron chi connectivity index (χ3n) is 3.52. The van der Waals surface area contributed by atoms with Crippen molar-refractivity contribution >= 4 is 11.6 Å². The highest BCUT2D eigenvalue weighted by molar-refractivity contribution is 6.29. The topological polar surface area (TPSA) is 47.3 Å². The maximum absolute atomic E-state index is 6.05. The van der Waals surface area contributed by atoms with Crippen LogP contribution in [-0.4, -0.2) is 19.1 Å². The molecule has 5 heteroatoms. The fourth-order valence-corrected chi connectivity index (χ4v) is 2.64. The predicted molar refractivity (Wildman–Crippen MR) is 79.5 cm³/mol. The molecular formula is C15H19ClN2O2. The number of methoxy groups -OCH3 is 1. The van der Waals surface area contributed by atoms with Crippen molar-refractivity contribution in [2.45, 2.75) is 26.3 Å². The monoisotopic (exact) mass is 294 g/mol. The summed E-state index contributed by atoms with van der Waals surface area (Å²) in [5, 5.41) is 3.67. The van der Waals surface area contributed by atoms with Crippen LogP contribution in [0.5, 0.6) is 5.75 Å². The van der Waals surface area contributed by atoms with Crippen LogP contribution in [-0.2, 0) is 6.42 Å². The molecule has 0 amide bonds. The number of ether oxygens (including phenoxy) is 1. The number of likely N-dealkylation sites (N-methyl/N-ethyl adjacent to an activating group) is 1. The molecule has 108 valence electrons. The molecule has 2 heterocycles. The molecule has 0 saturated carbocycles. The molecule has 0 aliphatic heterocycles. The molecule has 2 rings (SSSR count). The first-order chi connectivity index (χ1) is 9.58. The Bertz CT molecular complexity index is 596. The maximum Gasteiger partial charge on any atom is 0.197 e. The number of rotatable bonds is 5. The number of aromatic nitrogens is 1. The van der Waals surface area contributed by atoms with E-state index in [-0.39, 0.29) is 6.04 Å². The summed E-state index contributed by atoms with van der Waals surface area (Å²) < 4.78 is 10.6. The lowest BCUT2D eigenvalue weighted by Gasteiger charge is -2.18. The second-order valence-electron chi connectivity index (χ2n) is 4.74. The van der Waals surface area contributed by atoms with Crippen molar-refractivity contribution in [1.82, 2.24) is 10.3 Å². The van der Waals surface area contributed by atoms with Crippen LogP contribution in [0.3, 0.4) is 0 Å². The Morgan fingerprint density at radius 1 is 1.45 bits per heavy atom. The van der Waals surface area contributed by atoms with Crippen molar-refractivity contribution in [3.8, 4) is 5.75 Å². The Morgan fingerprint density at radius 3 is 2.75 bits per heavy atom. The lowest BCUT2D eigenvalue weighted by molar-refractivity contribution is 0.406. The highest BCUT2D eigenvalue weighted by Crippen LogP contribution is 2.30. The Morgan fingerprint density at radius 2 is 2.20 bits per heavy atom. The summed E-state index contributed by atoms with van der Waals surface area (Å²) in [7, 11) is 3.58. The first-order valence-electron chi connectivity index (χ1n) is 6.47. The van der Waals surface area contributed by atoms with Crippen molar-refractivity contribution in [1.29, 1.82) is 0 Å². The largest absolute Gasteiger partial charge is 0.496 e.